The molecule has 25 heavy (non-hydrogen) atoms. The fourth-order valence-corrected chi connectivity index (χ4v) is 4.03. The fraction of sp³-hybridized carbons (Fsp3) is 0.333. The number of hydrogen-bond donors (Lipinski definition) is 1. The number of fused-ring (bicyclic) bond motifs is 1. The van der Waals surface area contributed by atoms with Crippen LogP contribution in [-0.2, 0) is 0 Å². The van der Waals surface area contributed by atoms with Gasteiger partial charge >= 0.3 is 0 Å². The quantitative estimate of drug-likeness (QED) is 0.751. The van der Waals surface area contributed by atoms with E-state index in [4.69, 9.17) is 9.47 Å². The lowest BCUT2D eigenvalue weighted by atomic mass is 9.96. The molecule has 2 atom stereocenters. The summed E-state index contributed by atoms with van der Waals surface area (Å²) in [6, 6.07) is 10.6. The molecule has 0 aliphatic carbocycles. The van der Waals surface area contributed by atoms with Gasteiger partial charge in [-0.15, -0.1) is 11.3 Å². The first-order chi connectivity index (χ1) is 12.3. The van der Waals surface area contributed by atoms with Gasteiger partial charge in [-0.25, -0.2) is 4.68 Å². The topological polar surface area (TPSA) is 61.2 Å². The zero-order valence-electron chi connectivity index (χ0n) is 14.2. The van der Waals surface area contributed by atoms with Crippen LogP contribution in [0.25, 0.3) is 0 Å². The number of rotatable bonds is 5. The van der Waals surface area contributed by atoms with Gasteiger partial charge in [-0.3, -0.25) is 0 Å². The number of benzene rings is 1. The Morgan fingerprint density at radius 1 is 1.32 bits per heavy atom. The lowest BCUT2D eigenvalue weighted by molar-refractivity contribution is 0.310. The Balaban J connectivity index is 1.71. The van der Waals surface area contributed by atoms with Gasteiger partial charge in [-0.05, 0) is 42.5 Å². The van der Waals surface area contributed by atoms with Gasteiger partial charge in [0.05, 0.1) is 25.8 Å². The van der Waals surface area contributed by atoms with E-state index in [2.05, 4.69) is 39.0 Å². The van der Waals surface area contributed by atoms with E-state index in [0.29, 0.717) is 6.61 Å². The smallest absolute Gasteiger partial charge is 0.222 e. The molecule has 0 bridgehead atoms. The lowest BCUT2D eigenvalue weighted by Gasteiger charge is -2.31. The average molecular weight is 356 g/mol. The highest BCUT2D eigenvalue weighted by molar-refractivity contribution is 7.10. The third kappa shape index (κ3) is 2.95. The molecule has 0 radical (unpaired) electrons. The van der Waals surface area contributed by atoms with Gasteiger partial charge in [-0.2, -0.15) is 10.1 Å². The molecular formula is C18H20N4O2S. The molecule has 2 aromatic heterocycles. The van der Waals surface area contributed by atoms with Crippen molar-refractivity contribution in [2.24, 2.45) is 0 Å². The third-order valence-corrected chi connectivity index (χ3v) is 5.38. The van der Waals surface area contributed by atoms with Crippen LogP contribution in [0, 0.1) is 0 Å². The predicted octanol–water partition coefficient (Wildman–Crippen LogP) is 3.89. The molecule has 7 heteroatoms. The van der Waals surface area contributed by atoms with Crippen molar-refractivity contribution < 1.29 is 9.47 Å². The van der Waals surface area contributed by atoms with E-state index < -0.39 is 0 Å². The summed E-state index contributed by atoms with van der Waals surface area (Å²) in [6.07, 6.45) is 2.49. The Bertz CT molecular complexity index is 847. The number of hydrogen-bond acceptors (Lipinski definition) is 6. The lowest BCUT2D eigenvalue weighted by Crippen LogP contribution is -2.27. The van der Waals surface area contributed by atoms with Crippen LogP contribution in [0.3, 0.4) is 0 Å². The summed E-state index contributed by atoms with van der Waals surface area (Å²) in [6.45, 7) is 2.57. The molecule has 4 rings (SSSR count). The molecule has 3 heterocycles. The number of nitrogens with one attached hydrogen (secondary N) is 1. The molecule has 0 unspecified atom stereocenters. The molecule has 6 nitrogen and oxygen atoms in total. The van der Waals surface area contributed by atoms with Crippen molar-refractivity contribution >= 4 is 17.3 Å². The first kappa shape index (κ1) is 16.0. The van der Waals surface area contributed by atoms with Crippen molar-refractivity contribution in [2.75, 3.05) is 19.0 Å². The second-order valence-corrected chi connectivity index (χ2v) is 6.81. The highest BCUT2D eigenvalue weighted by Gasteiger charge is 2.30. The SMILES string of the molecule is CCOc1ccc([C@H]2C[C@@H](c3cccs3)Nc3ncnn32)cc1OC. The van der Waals surface area contributed by atoms with Gasteiger partial charge in [0.25, 0.3) is 0 Å². The van der Waals surface area contributed by atoms with E-state index in [9.17, 15) is 0 Å². The molecule has 1 aliphatic rings. The summed E-state index contributed by atoms with van der Waals surface area (Å²) in [5.74, 6) is 2.30. The highest BCUT2D eigenvalue weighted by atomic mass is 32.1. The van der Waals surface area contributed by atoms with Crippen LogP contribution in [-0.4, -0.2) is 28.5 Å². The summed E-state index contributed by atoms with van der Waals surface area (Å²) in [7, 11) is 1.67. The van der Waals surface area contributed by atoms with Gasteiger partial charge in [0.2, 0.25) is 5.95 Å². The van der Waals surface area contributed by atoms with Gasteiger partial charge in [-0.1, -0.05) is 12.1 Å². The monoisotopic (exact) mass is 356 g/mol. The maximum absolute atomic E-state index is 5.63. The molecule has 0 fully saturated rings. The van der Waals surface area contributed by atoms with E-state index >= 15 is 0 Å². The Morgan fingerprint density at radius 3 is 3.00 bits per heavy atom. The Labute approximate surface area is 150 Å². The van der Waals surface area contributed by atoms with E-state index in [1.807, 2.05) is 23.7 Å². The predicted molar refractivity (Wildman–Crippen MR) is 97.6 cm³/mol. The molecule has 0 saturated heterocycles. The van der Waals surface area contributed by atoms with Crippen molar-refractivity contribution in [1.29, 1.82) is 0 Å². The standard InChI is InChI=1S/C18H20N4O2S/c1-3-24-15-7-6-12(9-16(15)23-2)14-10-13(17-5-4-8-25-17)21-18-19-11-20-22(14)18/h4-9,11,13-14H,3,10H2,1-2H3,(H,19,20,21)/t13-,14+/m0/s1. The highest BCUT2D eigenvalue weighted by Crippen LogP contribution is 2.40. The summed E-state index contributed by atoms with van der Waals surface area (Å²) >= 11 is 1.76. The van der Waals surface area contributed by atoms with Crippen molar-refractivity contribution in [3.8, 4) is 11.5 Å². The fourth-order valence-electron chi connectivity index (χ4n) is 3.24. The van der Waals surface area contributed by atoms with E-state index in [1.165, 1.54) is 4.88 Å². The van der Waals surface area contributed by atoms with Crippen molar-refractivity contribution in [3.05, 3.63) is 52.5 Å². The zero-order valence-corrected chi connectivity index (χ0v) is 15.0. The molecular weight excluding hydrogens is 336 g/mol. The van der Waals surface area contributed by atoms with Crippen molar-refractivity contribution in [2.45, 2.75) is 25.4 Å². The molecule has 0 amide bonds. The summed E-state index contributed by atoms with van der Waals surface area (Å²) in [5.41, 5.74) is 1.13. The van der Waals surface area contributed by atoms with Crippen molar-refractivity contribution in [3.63, 3.8) is 0 Å². The van der Waals surface area contributed by atoms with Gasteiger partial charge in [0.1, 0.15) is 6.33 Å². The number of aromatic nitrogens is 3. The van der Waals surface area contributed by atoms with Gasteiger partial charge in [0, 0.05) is 4.88 Å². The molecule has 0 saturated carbocycles. The van der Waals surface area contributed by atoms with Crippen LogP contribution in [0.2, 0.25) is 0 Å². The number of methoxy groups -OCH3 is 1. The largest absolute Gasteiger partial charge is 0.493 e. The minimum atomic E-state index is 0.0930. The van der Waals surface area contributed by atoms with Crippen LogP contribution in [0.4, 0.5) is 5.95 Å². The molecule has 1 aliphatic heterocycles. The van der Waals surface area contributed by atoms with E-state index in [-0.39, 0.29) is 12.1 Å². The average Bonchev–Trinajstić information content (AvgIpc) is 3.33. The summed E-state index contributed by atoms with van der Waals surface area (Å²) < 4.78 is 13.1. The molecule has 130 valence electrons. The number of anilines is 1. The van der Waals surface area contributed by atoms with Crippen LogP contribution < -0.4 is 14.8 Å². The maximum Gasteiger partial charge on any atom is 0.222 e. The molecule has 3 aromatic rings. The normalized spacial score (nSPS) is 19.1. The third-order valence-electron chi connectivity index (χ3n) is 4.39. The number of nitrogens with zero attached hydrogens (tertiary/aromatic N) is 3. The summed E-state index contributed by atoms with van der Waals surface area (Å²) in [4.78, 5) is 5.67. The molecule has 1 N–H and O–H groups in total. The Morgan fingerprint density at radius 2 is 2.24 bits per heavy atom. The number of ether oxygens (including phenoxy) is 2. The van der Waals surface area contributed by atoms with E-state index in [0.717, 1.165) is 29.4 Å². The maximum atomic E-state index is 5.63. The van der Waals surface area contributed by atoms with E-state index in [1.54, 1.807) is 24.8 Å². The van der Waals surface area contributed by atoms with Crippen molar-refractivity contribution in [1.82, 2.24) is 14.8 Å². The van der Waals surface area contributed by atoms with Gasteiger partial charge in [0.15, 0.2) is 11.5 Å². The zero-order chi connectivity index (χ0) is 17.2. The first-order valence-corrected chi connectivity index (χ1v) is 9.18. The Kier molecular flexibility index (Phi) is 4.31. The van der Waals surface area contributed by atoms with Crippen LogP contribution >= 0.6 is 11.3 Å². The first-order valence-electron chi connectivity index (χ1n) is 8.30. The Hall–Kier alpha value is -2.54. The number of thiophene rings is 1. The minimum absolute atomic E-state index is 0.0930. The molecule has 0 spiro atoms. The van der Waals surface area contributed by atoms with Gasteiger partial charge < -0.3 is 14.8 Å². The summed E-state index contributed by atoms with van der Waals surface area (Å²) in [5, 5.41) is 10.0. The van der Waals surface area contributed by atoms with Crippen LogP contribution in [0.1, 0.15) is 35.9 Å². The minimum Gasteiger partial charge on any atom is -0.493 e. The van der Waals surface area contributed by atoms with Crippen LogP contribution in [0.15, 0.2) is 42.0 Å². The second-order valence-electron chi connectivity index (χ2n) is 5.84. The van der Waals surface area contributed by atoms with Crippen LogP contribution in [0.5, 0.6) is 11.5 Å². The molecule has 1 aromatic carbocycles. The second kappa shape index (κ2) is 6.76.